The van der Waals surface area contributed by atoms with Crippen molar-refractivity contribution < 1.29 is 29.0 Å². The minimum Gasteiger partial charge on any atom is -0.481 e. The van der Waals surface area contributed by atoms with E-state index in [4.69, 9.17) is 11.2 Å². The van der Waals surface area contributed by atoms with Gasteiger partial charge < -0.3 is 25.0 Å². The van der Waals surface area contributed by atoms with Gasteiger partial charge in [-0.15, -0.1) is 6.42 Å². The predicted molar refractivity (Wildman–Crippen MR) is 145 cm³/mol. The van der Waals surface area contributed by atoms with Gasteiger partial charge in [-0.2, -0.15) is 5.01 Å². The number of aliphatic carboxylic acids is 1. The van der Waals surface area contributed by atoms with E-state index in [-0.39, 0.29) is 39.3 Å². The van der Waals surface area contributed by atoms with Gasteiger partial charge in [0.25, 0.3) is 0 Å². The Balaban J connectivity index is 1.53. The average molecular weight is 548 g/mol. The molecule has 2 heterocycles. The molecule has 2 fully saturated rings. The maximum Gasteiger partial charge on any atom is 0.334 e. The van der Waals surface area contributed by atoms with Gasteiger partial charge in [0.1, 0.15) is 12.2 Å². The van der Waals surface area contributed by atoms with E-state index in [1.165, 1.54) is 19.8 Å². The number of ether oxygens (including phenoxy) is 1. The number of carboxylic acid groups (broad SMARTS) is 1. The number of nitrogens with one attached hydrogen (secondary N) is 1. The molecule has 2 aliphatic rings. The number of rotatable bonds is 10. The number of aryl methyl sites for hydroxylation is 1. The fourth-order valence-electron chi connectivity index (χ4n) is 4.91. The first-order chi connectivity index (χ1) is 19.3. The van der Waals surface area contributed by atoms with Gasteiger partial charge in [-0.25, -0.2) is 9.80 Å². The molecular weight excluding hydrogens is 514 g/mol. The SMILES string of the molecule is C#CCN1CC(=O)N2[C@@H](CC(=O)O)C(=O)N(CCOCc3ccc(C)cc3)C[C@@H]2N1C(=O)NCc1ccccc1. The van der Waals surface area contributed by atoms with Crippen LogP contribution >= 0.6 is 0 Å². The van der Waals surface area contributed by atoms with Crippen LogP contribution in [0.5, 0.6) is 0 Å². The van der Waals surface area contributed by atoms with Crippen molar-refractivity contribution in [3.8, 4) is 12.3 Å². The predicted octanol–water partition coefficient (Wildman–Crippen LogP) is 1.43. The van der Waals surface area contributed by atoms with Crippen molar-refractivity contribution in [3.05, 3.63) is 71.3 Å². The Morgan fingerprint density at radius 2 is 1.82 bits per heavy atom. The Kier molecular flexibility index (Phi) is 9.37. The van der Waals surface area contributed by atoms with Gasteiger partial charge in [0.05, 0.1) is 39.3 Å². The molecule has 2 aliphatic heterocycles. The van der Waals surface area contributed by atoms with Gasteiger partial charge >= 0.3 is 12.0 Å². The lowest BCUT2D eigenvalue weighted by Crippen LogP contribution is -2.76. The lowest BCUT2D eigenvalue weighted by molar-refractivity contribution is -0.190. The summed E-state index contributed by atoms with van der Waals surface area (Å²) in [6, 6.07) is 15.4. The minimum absolute atomic E-state index is 0.0194. The molecule has 210 valence electrons. The van der Waals surface area contributed by atoms with Crippen LogP contribution < -0.4 is 5.32 Å². The van der Waals surface area contributed by atoms with Crippen LogP contribution in [0.4, 0.5) is 4.79 Å². The van der Waals surface area contributed by atoms with Crippen LogP contribution in [0, 0.1) is 19.3 Å². The molecule has 2 N–H and O–H groups in total. The monoisotopic (exact) mass is 547 g/mol. The first-order valence-electron chi connectivity index (χ1n) is 13.0. The highest BCUT2D eigenvalue weighted by Crippen LogP contribution is 2.28. The molecule has 11 nitrogen and oxygen atoms in total. The maximum absolute atomic E-state index is 13.5. The molecule has 4 rings (SSSR count). The molecule has 0 saturated carbocycles. The summed E-state index contributed by atoms with van der Waals surface area (Å²) in [6.45, 7) is 2.62. The van der Waals surface area contributed by atoms with Crippen molar-refractivity contribution in [1.82, 2.24) is 25.1 Å². The fraction of sp³-hybridized carbons (Fsp3) is 0.379. The molecule has 2 aromatic carbocycles. The second-order valence-electron chi connectivity index (χ2n) is 9.73. The lowest BCUT2D eigenvalue weighted by atomic mass is 10.0. The third kappa shape index (κ3) is 6.77. The number of hydrogen-bond acceptors (Lipinski definition) is 6. The number of benzene rings is 2. The number of carbonyl (C=O) groups excluding carboxylic acids is 3. The Bertz CT molecular complexity index is 1260. The zero-order chi connectivity index (χ0) is 28.6. The number of hydrogen-bond donors (Lipinski definition) is 2. The first-order valence-corrected chi connectivity index (χ1v) is 13.0. The first kappa shape index (κ1) is 28.6. The van der Waals surface area contributed by atoms with E-state index >= 15 is 0 Å². The van der Waals surface area contributed by atoms with E-state index in [1.807, 2.05) is 61.5 Å². The summed E-state index contributed by atoms with van der Waals surface area (Å²) in [5.41, 5.74) is 2.99. The van der Waals surface area contributed by atoms with Crippen LogP contribution in [0.1, 0.15) is 23.1 Å². The maximum atomic E-state index is 13.5. The topological polar surface area (TPSA) is 123 Å². The highest BCUT2D eigenvalue weighted by atomic mass is 16.5. The van der Waals surface area contributed by atoms with Gasteiger partial charge in [-0.05, 0) is 18.1 Å². The van der Waals surface area contributed by atoms with Gasteiger partial charge in [-0.3, -0.25) is 14.4 Å². The average Bonchev–Trinajstić information content (AvgIpc) is 2.93. The van der Waals surface area contributed by atoms with Crippen molar-refractivity contribution in [1.29, 1.82) is 0 Å². The van der Waals surface area contributed by atoms with Crippen LogP contribution in [0.2, 0.25) is 0 Å². The minimum atomic E-state index is -1.27. The molecule has 0 spiro atoms. The second-order valence-corrected chi connectivity index (χ2v) is 9.73. The van der Waals surface area contributed by atoms with Crippen molar-refractivity contribution in [2.45, 2.75) is 38.7 Å². The van der Waals surface area contributed by atoms with E-state index in [9.17, 15) is 24.3 Å². The van der Waals surface area contributed by atoms with Crippen molar-refractivity contribution in [2.24, 2.45) is 0 Å². The summed E-state index contributed by atoms with van der Waals surface area (Å²) >= 11 is 0. The molecule has 0 radical (unpaired) electrons. The molecule has 0 unspecified atom stereocenters. The number of nitrogens with zero attached hydrogens (tertiary/aromatic N) is 4. The number of hydrazine groups is 1. The molecule has 0 aliphatic carbocycles. The standard InChI is InChI=1S/C29H33N5O6/c1-3-13-32-19-26(35)33-24(16-27(36)37)28(38)31(14-15-40-20-23-11-9-21(2)10-12-23)18-25(33)34(32)29(39)30-17-22-7-5-4-6-8-22/h1,4-12,24-25H,13-20H2,2H3,(H,30,39)(H,36,37)/t24-,25-/m0/s1. The molecule has 0 aromatic heterocycles. The molecule has 2 atom stereocenters. The Labute approximate surface area is 233 Å². The third-order valence-corrected chi connectivity index (χ3v) is 6.86. The number of piperazine rings is 1. The normalized spacial score (nSPS) is 19.2. The Hall–Kier alpha value is -4.40. The lowest BCUT2D eigenvalue weighted by Gasteiger charge is -2.54. The number of amides is 4. The number of urea groups is 1. The molecule has 0 bridgehead atoms. The molecule has 2 aromatic rings. The van der Waals surface area contributed by atoms with Crippen LogP contribution in [-0.2, 0) is 32.3 Å². The molecule has 40 heavy (non-hydrogen) atoms. The Morgan fingerprint density at radius 3 is 2.50 bits per heavy atom. The van der Waals surface area contributed by atoms with Gasteiger partial charge in [0.15, 0.2) is 0 Å². The third-order valence-electron chi connectivity index (χ3n) is 6.86. The summed E-state index contributed by atoms with van der Waals surface area (Å²) < 4.78 is 5.79. The highest BCUT2D eigenvalue weighted by Gasteiger charge is 2.51. The van der Waals surface area contributed by atoms with E-state index in [1.54, 1.807) is 0 Å². The van der Waals surface area contributed by atoms with E-state index < -0.39 is 42.4 Å². The number of terminal acetylenes is 1. The quantitative estimate of drug-likeness (QED) is 0.341. The Morgan fingerprint density at radius 1 is 1.10 bits per heavy atom. The summed E-state index contributed by atoms with van der Waals surface area (Å²) in [5.74, 6) is 0.278. The van der Waals surface area contributed by atoms with Crippen LogP contribution in [0.25, 0.3) is 0 Å². The zero-order valence-electron chi connectivity index (χ0n) is 22.4. The van der Waals surface area contributed by atoms with Crippen molar-refractivity contribution in [3.63, 3.8) is 0 Å². The molecular formula is C29H33N5O6. The summed E-state index contributed by atoms with van der Waals surface area (Å²) in [5, 5.41) is 15.2. The number of fused-ring (bicyclic) bond motifs is 1. The molecule has 2 saturated heterocycles. The van der Waals surface area contributed by atoms with E-state index in [0.717, 1.165) is 16.7 Å². The highest BCUT2D eigenvalue weighted by molar-refractivity contribution is 5.93. The summed E-state index contributed by atoms with van der Waals surface area (Å²) in [6.07, 6.45) is 4.02. The molecule has 11 heteroatoms. The van der Waals surface area contributed by atoms with Gasteiger partial charge in [0.2, 0.25) is 11.8 Å². The summed E-state index contributed by atoms with van der Waals surface area (Å²) in [4.78, 5) is 54.5. The largest absolute Gasteiger partial charge is 0.481 e. The van der Waals surface area contributed by atoms with Crippen LogP contribution in [0.3, 0.4) is 0 Å². The van der Waals surface area contributed by atoms with Crippen LogP contribution in [-0.4, -0.2) is 93.7 Å². The molecule has 4 amide bonds. The second kappa shape index (κ2) is 13.1. The van der Waals surface area contributed by atoms with Gasteiger partial charge in [-0.1, -0.05) is 66.1 Å². The van der Waals surface area contributed by atoms with E-state index in [0.29, 0.717) is 6.61 Å². The van der Waals surface area contributed by atoms with Gasteiger partial charge in [0, 0.05) is 13.1 Å². The fourth-order valence-corrected chi connectivity index (χ4v) is 4.91. The number of carbonyl (C=O) groups is 4. The van der Waals surface area contributed by atoms with Crippen molar-refractivity contribution in [2.75, 3.05) is 32.8 Å². The van der Waals surface area contributed by atoms with Crippen molar-refractivity contribution >= 4 is 23.8 Å². The van der Waals surface area contributed by atoms with E-state index in [2.05, 4.69) is 11.2 Å². The zero-order valence-corrected chi connectivity index (χ0v) is 22.4. The smallest absolute Gasteiger partial charge is 0.334 e. The number of carboxylic acids is 1. The summed E-state index contributed by atoms with van der Waals surface area (Å²) in [7, 11) is 0. The van der Waals surface area contributed by atoms with Crippen LogP contribution in [0.15, 0.2) is 54.6 Å².